The van der Waals surface area contributed by atoms with Crippen molar-refractivity contribution >= 4 is 6.03 Å². The minimum absolute atomic E-state index is 0.367. The zero-order valence-corrected chi connectivity index (χ0v) is 13.4. The van der Waals surface area contributed by atoms with Crippen molar-refractivity contribution in [2.75, 3.05) is 6.54 Å². The maximum absolute atomic E-state index is 13.2. The maximum atomic E-state index is 13.2. The van der Waals surface area contributed by atoms with Crippen molar-refractivity contribution in [1.82, 2.24) is 25.4 Å². The van der Waals surface area contributed by atoms with Gasteiger partial charge in [-0.15, -0.1) is 10.2 Å². The molecule has 24 heavy (non-hydrogen) atoms. The van der Waals surface area contributed by atoms with E-state index in [1.54, 1.807) is 6.92 Å². The van der Waals surface area contributed by atoms with Crippen LogP contribution in [0.15, 0.2) is 18.2 Å². The van der Waals surface area contributed by atoms with Crippen LogP contribution >= 0.6 is 0 Å². The smallest absolute Gasteiger partial charge is 0.315 e. The second-order valence-electron chi connectivity index (χ2n) is 5.83. The molecule has 0 bridgehead atoms. The average Bonchev–Trinajstić information content (AvgIpc) is 3.14. The third-order valence-electron chi connectivity index (χ3n) is 4.11. The van der Waals surface area contributed by atoms with Crippen LogP contribution in [0, 0.1) is 11.6 Å². The standard InChI is InChI=1S/C16H19F2N5O/c1-10(11-4-5-12(17)13(18)9-11)20-16(24)19-7-6-15-22-21-14-3-2-8-23(14)15/h4-5,9-10H,2-3,6-8H2,1H3,(H2,19,20,24). The maximum Gasteiger partial charge on any atom is 0.315 e. The first-order valence-electron chi connectivity index (χ1n) is 7.95. The number of fused-ring (bicyclic) bond motifs is 1. The van der Waals surface area contributed by atoms with E-state index in [4.69, 9.17) is 0 Å². The number of nitrogens with one attached hydrogen (secondary N) is 2. The van der Waals surface area contributed by atoms with Crippen LogP contribution in [0.3, 0.4) is 0 Å². The molecule has 3 rings (SSSR count). The van der Waals surface area contributed by atoms with Crippen LogP contribution in [0.5, 0.6) is 0 Å². The van der Waals surface area contributed by atoms with E-state index in [1.165, 1.54) is 6.07 Å². The van der Waals surface area contributed by atoms with Crippen LogP contribution in [-0.2, 0) is 19.4 Å². The zero-order chi connectivity index (χ0) is 17.1. The minimum Gasteiger partial charge on any atom is -0.338 e. The number of carbonyl (C=O) groups is 1. The van der Waals surface area contributed by atoms with Gasteiger partial charge in [-0.05, 0) is 31.0 Å². The van der Waals surface area contributed by atoms with Gasteiger partial charge >= 0.3 is 6.03 Å². The van der Waals surface area contributed by atoms with Crippen LogP contribution in [-0.4, -0.2) is 27.3 Å². The number of hydrogen-bond acceptors (Lipinski definition) is 3. The molecule has 0 radical (unpaired) electrons. The highest BCUT2D eigenvalue weighted by molar-refractivity contribution is 5.74. The molecular weight excluding hydrogens is 316 g/mol. The molecule has 128 valence electrons. The van der Waals surface area contributed by atoms with Gasteiger partial charge in [0, 0.05) is 25.9 Å². The fourth-order valence-corrected chi connectivity index (χ4v) is 2.80. The molecule has 0 saturated heterocycles. The van der Waals surface area contributed by atoms with Crippen molar-refractivity contribution < 1.29 is 13.6 Å². The summed E-state index contributed by atoms with van der Waals surface area (Å²) in [6, 6.07) is 2.78. The Kier molecular flexibility index (Phi) is 4.73. The predicted octanol–water partition coefficient (Wildman–Crippen LogP) is 2.11. The lowest BCUT2D eigenvalue weighted by atomic mass is 10.1. The number of halogens is 2. The van der Waals surface area contributed by atoms with Crippen LogP contribution in [0.2, 0.25) is 0 Å². The molecule has 0 aliphatic carbocycles. The monoisotopic (exact) mass is 335 g/mol. The number of rotatable bonds is 5. The number of carbonyl (C=O) groups excluding carboxylic acids is 1. The molecule has 0 fully saturated rings. The van der Waals surface area contributed by atoms with Gasteiger partial charge in [-0.1, -0.05) is 6.07 Å². The lowest BCUT2D eigenvalue weighted by Gasteiger charge is -2.15. The van der Waals surface area contributed by atoms with Gasteiger partial charge in [-0.25, -0.2) is 13.6 Å². The van der Waals surface area contributed by atoms with Gasteiger partial charge in [-0.2, -0.15) is 0 Å². The summed E-state index contributed by atoms with van der Waals surface area (Å²) < 4.78 is 28.2. The average molecular weight is 335 g/mol. The van der Waals surface area contributed by atoms with Gasteiger partial charge < -0.3 is 15.2 Å². The predicted molar refractivity (Wildman–Crippen MR) is 83.4 cm³/mol. The summed E-state index contributed by atoms with van der Waals surface area (Å²) in [7, 11) is 0. The third-order valence-corrected chi connectivity index (χ3v) is 4.11. The zero-order valence-electron chi connectivity index (χ0n) is 13.4. The van der Waals surface area contributed by atoms with E-state index in [0.717, 1.165) is 43.2 Å². The van der Waals surface area contributed by atoms with Crippen molar-refractivity contribution in [2.24, 2.45) is 0 Å². The van der Waals surface area contributed by atoms with Crippen molar-refractivity contribution in [3.05, 3.63) is 47.0 Å². The van der Waals surface area contributed by atoms with Crippen LogP contribution in [0.1, 0.15) is 36.6 Å². The van der Waals surface area contributed by atoms with Crippen molar-refractivity contribution in [3.63, 3.8) is 0 Å². The van der Waals surface area contributed by atoms with E-state index in [2.05, 4.69) is 25.4 Å². The first-order valence-corrected chi connectivity index (χ1v) is 7.95. The highest BCUT2D eigenvalue weighted by Gasteiger charge is 2.17. The fourth-order valence-electron chi connectivity index (χ4n) is 2.80. The fraction of sp³-hybridized carbons (Fsp3) is 0.438. The second-order valence-corrected chi connectivity index (χ2v) is 5.83. The first-order chi connectivity index (χ1) is 11.5. The molecule has 2 aromatic rings. The normalized spacial score (nSPS) is 14.3. The number of nitrogens with zero attached hydrogens (tertiary/aromatic N) is 3. The molecule has 1 aromatic heterocycles. The summed E-state index contributed by atoms with van der Waals surface area (Å²) in [5, 5.41) is 13.7. The summed E-state index contributed by atoms with van der Waals surface area (Å²) in [6.07, 6.45) is 2.63. The Morgan fingerprint density at radius 2 is 2.17 bits per heavy atom. The van der Waals surface area contributed by atoms with Gasteiger partial charge in [0.15, 0.2) is 11.6 Å². The molecule has 0 saturated carbocycles. The topological polar surface area (TPSA) is 71.8 Å². The number of urea groups is 1. The molecule has 1 unspecified atom stereocenters. The van der Waals surface area contributed by atoms with Crippen LogP contribution in [0.25, 0.3) is 0 Å². The van der Waals surface area contributed by atoms with E-state index in [0.29, 0.717) is 18.5 Å². The lowest BCUT2D eigenvalue weighted by molar-refractivity contribution is 0.238. The Hall–Kier alpha value is -2.51. The molecule has 1 atom stereocenters. The molecule has 2 amide bonds. The van der Waals surface area contributed by atoms with Gasteiger partial charge in [0.1, 0.15) is 11.6 Å². The summed E-state index contributed by atoms with van der Waals surface area (Å²) >= 11 is 0. The Bertz CT molecular complexity index is 746. The van der Waals surface area contributed by atoms with E-state index >= 15 is 0 Å². The van der Waals surface area contributed by atoms with Crippen molar-refractivity contribution in [2.45, 2.75) is 38.8 Å². The van der Waals surface area contributed by atoms with Crippen LogP contribution < -0.4 is 10.6 Å². The van der Waals surface area contributed by atoms with E-state index < -0.39 is 17.7 Å². The quantitative estimate of drug-likeness (QED) is 0.879. The van der Waals surface area contributed by atoms with E-state index in [-0.39, 0.29) is 6.03 Å². The molecule has 8 heteroatoms. The Labute approximate surface area is 138 Å². The number of benzene rings is 1. The van der Waals surface area contributed by atoms with Gasteiger partial charge in [0.2, 0.25) is 0 Å². The first kappa shape index (κ1) is 16.4. The SMILES string of the molecule is CC(NC(=O)NCCc1nnc2n1CCC2)c1ccc(F)c(F)c1. The lowest BCUT2D eigenvalue weighted by Crippen LogP contribution is -2.38. The molecular formula is C16H19F2N5O. The van der Waals surface area contributed by atoms with E-state index in [9.17, 15) is 13.6 Å². The van der Waals surface area contributed by atoms with E-state index in [1.807, 2.05) is 0 Å². The molecule has 2 heterocycles. The van der Waals surface area contributed by atoms with Gasteiger partial charge in [0.05, 0.1) is 6.04 Å². The van der Waals surface area contributed by atoms with Crippen molar-refractivity contribution in [1.29, 1.82) is 0 Å². The summed E-state index contributed by atoms with van der Waals surface area (Å²) in [5.74, 6) is 0.0383. The second kappa shape index (κ2) is 6.94. The molecule has 1 aliphatic heterocycles. The van der Waals surface area contributed by atoms with Crippen LogP contribution in [0.4, 0.5) is 13.6 Å². The van der Waals surface area contributed by atoms with Gasteiger partial charge in [0.25, 0.3) is 0 Å². The number of aromatic nitrogens is 3. The Morgan fingerprint density at radius 1 is 1.33 bits per heavy atom. The molecule has 6 nitrogen and oxygen atoms in total. The summed E-state index contributed by atoms with van der Waals surface area (Å²) in [6.45, 7) is 3.06. The molecule has 2 N–H and O–H groups in total. The number of amides is 2. The molecule has 0 spiro atoms. The molecule has 1 aromatic carbocycles. The third kappa shape index (κ3) is 3.52. The number of hydrogen-bond donors (Lipinski definition) is 2. The number of aryl methyl sites for hydroxylation is 1. The largest absolute Gasteiger partial charge is 0.338 e. The highest BCUT2D eigenvalue weighted by atomic mass is 19.2. The summed E-state index contributed by atoms with van der Waals surface area (Å²) in [4.78, 5) is 11.9. The van der Waals surface area contributed by atoms with Gasteiger partial charge in [-0.3, -0.25) is 0 Å². The summed E-state index contributed by atoms with van der Waals surface area (Å²) in [5.41, 5.74) is 0.499. The highest BCUT2D eigenvalue weighted by Crippen LogP contribution is 2.16. The Morgan fingerprint density at radius 3 is 2.96 bits per heavy atom. The van der Waals surface area contributed by atoms with Crippen molar-refractivity contribution in [3.8, 4) is 0 Å². The minimum atomic E-state index is -0.928. The molecule has 1 aliphatic rings. The Balaban J connectivity index is 1.47.